The quantitative estimate of drug-likeness (QED) is 0.474. The van der Waals surface area contributed by atoms with Crippen molar-refractivity contribution in [2.24, 2.45) is 46.3 Å². The molecule has 0 amide bonds. The summed E-state index contributed by atoms with van der Waals surface area (Å²) in [7, 11) is 0. The van der Waals surface area contributed by atoms with Crippen molar-refractivity contribution in [3.05, 3.63) is 11.6 Å². The number of ether oxygens (including phenoxy) is 1. The molecule has 6 heteroatoms. The topological polar surface area (TPSA) is 101 Å². The van der Waals surface area contributed by atoms with Crippen molar-refractivity contribution in [2.45, 2.75) is 84.2 Å². The van der Waals surface area contributed by atoms with E-state index in [0.29, 0.717) is 30.1 Å². The van der Waals surface area contributed by atoms with Crippen molar-refractivity contribution >= 4 is 17.7 Å². The molecule has 0 saturated heterocycles. The van der Waals surface area contributed by atoms with Gasteiger partial charge in [-0.05, 0) is 93.0 Å². The number of aliphatic carboxylic acids is 1. The van der Waals surface area contributed by atoms with Crippen LogP contribution in [0.15, 0.2) is 11.6 Å². The first kappa shape index (κ1) is 23.1. The van der Waals surface area contributed by atoms with Crippen LogP contribution in [0.2, 0.25) is 0 Å². The molecule has 5 aliphatic carbocycles. The lowest BCUT2D eigenvalue weighted by atomic mass is 9.45. The highest BCUT2D eigenvalue weighted by molar-refractivity contribution is 5.94. The summed E-state index contributed by atoms with van der Waals surface area (Å²) in [6.45, 7) is 6.33. The predicted molar refractivity (Wildman–Crippen MR) is 121 cm³/mol. The summed E-state index contributed by atoms with van der Waals surface area (Å²) in [5.41, 5.74) is -0.175. The summed E-state index contributed by atoms with van der Waals surface area (Å²) in [5, 5.41) is 22.1. The normalized spacial score (nSPS) is 46.6. The monoisotopic (exact) mass is 458 g/mol. The molecule has 0 spiro atoms. The number of carbonyl (C=O) groups excluding carboxylic acids is 2. The molecule has 5 aliphatic rings. The van der Waals surface area contributed by atoms with Gasteiger partial charge in [0.1, 0.15) is 0 Å². The zero-order valence-corrected chi connectivity index (χ0v) is 20.1. The molecule has 0 aliphatic heterocycles. The Hall–Kier alpha value is -1.69. The van der Waals surface area contributed by atoms with Crippen LogP contribution in [0.4, 0.5) is 0 Å². The first-order valence-corrected chi connectivity index (χ1v) is 12.9. The standard InChI is InChI=1S/C27H38O6/c1-4-33-24(31)19(23(29)30)14-27(32)21-8-7-18(21)22-17-6-5-15-13-16(28)9-11-25(15,2)20(17)10-12-26(22,27)3/h13,17-22,32H,4-12,14H2,1-3H3,(H,29,30)/t17-,18-,19?,20+,21+,22-,25+,26+,27+/m1/s1. The summed E-state index contributed by atoms with van der Waals surface area (Å²) < 4.78 is 5.07. The Morgan fingerprint density at radius 1 is 1.09 bits per heavy atom. The number of ketones is 1. The van der Waals surface area contributed by atoms with Gasteiger partial charge in [0.25, 0.3) is 0 Å². The van der Waals surface area contributed by atoms with Crippen LogP contribution in [0.1, 0.15) is 78.6 Å². The fourth-order valence-electron chi connectivity index (χ4n) is 9.29. The molecule has 5 rings (SSSR count). The van der Waals surface area contributed by atoms with E-state index < -0.39 is 28.9 Å². The minimum absolute atomic E-state index is 0.0519. The molecule has 4 saturated carbocycles. The van der Waals surface area contributed by atoms with Crippen molar-refractivity contribution in [3.8, 4) is 0 Å². The van der Waals surface area contributed by atoms with Gasteiger partial charge >= 0.3 is 11.9 Å². The van der Waals surface area contributed by atoms with E-state index in [1.807, 2.05) is 6.08 Å². The third-order valence-electron chi connectivity index (χ3n) is 11.0. The lowest BCUT2D eigenvalue weighted by Gasteiger charge is -2.59. The second-order valence-electron chi connectivity index (χ2n) is 12.0. The van der Waals surface area contributed by atoms with Gasteiger partial charge in [0.2, 0.25) is 0 Å². The molecule has 0 aromatic heterocycles. The van der Waals surface area contributed by atoms with Crippen molar-refractivity contribution < 1.29 is 29.3 Å². The zero-order valence-electron chi connectivity index (χ0n) is 20.1. The number of rotatable bonds is 5. The van der Waals surface area contributed by atoms with Gasteiger partial charge in [-0.3, -0.25) is 14.4 Å². The molecular weight excluding hydrogens is 420 g/mol. The Kier molecular flexibility index (Phi) is 5.35. The molecule has 0 heterocycles. The van der Waals surface area contributed by atoms with Gasteiger partial charge in [0.15, 0.2) is 11.7 Å². The van der Waals surface area contributed by atoms with E-state index >= 15 is 0 Å². The molecule has 9 atom stereocenters. The van der Waals surface area contributed by atoms with Crippen LogP contribution in [0, 0.1) is 46.3 Å². The van der Waals surface area contributed by atoms with Crippen LogP contribution >= 0.6 is 0 Å². The second-order valence-corrected chi connectivity index (χ2v) is 12.0. The van der Waals surface area contributed by atoms with Crippen LogP contribution < -0.4 is 0 Å². The maximum Gasteiger partial charge on any atom is 0.320 e. The van der Waals surface area contributed by atoms with Gasteiger partial charge < -0.3 is 14.9 Å². The Balaban J connectivity index is 1.48. The molecule has 0 bridgehead atoms. The average Bonchev–Trinajstić information content (AvgIpc) is 2.86. The van der Waals surface area contributed by atoms with Crippen LogP contribution in [-0.2, 0) is 19.1 Å². The minimum atomic E-state index is -1.33. The Morgan fingerprint density at radius 3 is 2.45 bits per heavy atom. The first-order chi connectivity index (χ1) is 15.6. The highest BCUT2D eigenvalue weighted by Crippen LogP contribution is 2.74. The number of carboxylic acid groups (broad SMARTS) is 1. The van der Waals surface area contributed by atoms with Crippen LogP contribution in [-0.4, -0.2) is 40.1 Å². The van der Waals surface area contributed by atoms with Gasteiger partial charge in [-0.1, -0.05) is 19.4 Å². The van der Waals surface area contributed by atoms with E-state index in [-0.39, 0.29) is 30.1 Å². The van der Waals surface area contributed by atoms with E-state index in [0.717, 1.165) is 44.9 Å². The van der Waals surface area contributed by atoms with E-state index in [4.69, 9.17) is 4.74 Å². The minimum Gasteiger partial charge on any atom is -0.481 e. The number of allylic oxidation sites excluding steroid dienone is 1. The van der Waals surface area contributed by atoms with E-state index in [2.05, 4.69) is 13.8 Å². The van der Waals surface area contributed by atoms with E-state index in [9.17, 15) is 24.6 Å². The number of fused-ring (bicyclic) bond motifs is 7. The highest BCUT2D eigenvalue weighted by Gasteiger charge is 2.73. The molecule has 0 aromatic rings. The molecule has 1 unspecified atom stereocenters. The SMILES string of the molecule is CCOC(=O)C(C[C@]1(O)[C@H]2CC[C@H]2[C@H]2[C@@H]3CCC4=CC(=O)CC[C@]4(C)[C@H]3CC[C@@]21C)C(=O)O. The molecule has 0 aromatic carbocycles. The molecule has 182 valence electrons. The molecule has 0 radical (unpaired) electrons. The second kappa shape index (κ2) is 7.66. The van der Waals surface area contributed by atoms with Gasteiger partial charge in [-0.2, -0.15) is 0 Å². The lowest BCUT2D eigenvalue weighted by molar-refractivity contribution is -0.175. The van der Waals surface area contributed by atoms with E-state index in [1.165, 1.54) is 5.57 Å². The Bertz CT molecular complexity index is 908. The zero-order chi connectivity index (χ0) is 23.8. The van der Waals surface area contributed by atoms with Crippen molar-refractivity contribution in [2.75, 3.05) is 6.61 Å². The van der Waals surface area contributed by atoms with Crippen LogP contribution in [0.3, 0.4) is 0 Å². The van der Waals surface area contributed by atoms with Crippen LogP contribution in [0.25, 0.3) is 0 Å². The molecule has 6 nitrogen and oxygen atoms in total. The summed E-state index contributed by atoms with van der Waals surface area (Å²) in [6, 6.07) is 0. The number of carboxylic acids is 1. The predicted octanol–water partition coefficient (Wildman–Crippen LogP) is 4.15. The van der Waals surface area contributed by atoms with Gasteiger partial charge in [-0.25, -0.2) is 0 Å². The Labute approximate surface area is 196 Å². The number of hydrogen-bond donors (Lipinski definition) is 2. The third kappa shape index (κ3) is 3.05. The summed E-state index contributed by atoms with van der Waals surface area (Å²) >= 11 is 0. The summed E-state index contributed by atoms with van der Waals surface area (Å²) in [5.74, 6) is -1.23. The Morgan fingerprint density at radius 2 is 1.82 bits per heavy atom. The molecule has 4 fully saturated rings. The van der Waals surface area contributed by atoms with Gasteiger partial charge in [0.05, 0.1) is 12.2 Å². The molecular formula is C27H38O6. The highest BCUT2D eigenvalue weighted by atomic mass is 16.5. The average molecular weight is 459 g/mol. The first-order valence-electron chi connectivity index (χ1n) is 12.9. The van der Waals surface area contributed by atoms with Gasteiger partial charge in [-0.15, -0.1) is 0 Å². The maximum absolute atomic E-state index is 12.5. The van der Waals surface area contributed by atoms with Crippen molar-refractivity contribution in [1.82, 2.24) is 0 Å². The lowest BCUT2D eigenvalue weighted by Crippen LogP contribution is -2.57. The molecule has 33 heavy (non-hydrogen) atoms. The number of carbonyl (C=O) groups is 3. The number of esters is 1. The van der Waals surface area contributed by atoms with Crippen LogP contribution in [0.5, 0.6) is 0 Å². The fourth-order valence-corrected chi connectivity index (χ4v) is 9.29. The molecule has 2 N–H and O–H groups in total. The number of aliphatic hydroxyl groups is 1. The smallest absolute Gasteiger partial charge is 0.320 e. The van der Waals surface area contributed by atoms with Crippen molar-refractivity contribution in [3.63, 3.8) is 0 Å². The van der Waals surface area contributed by atoms with Crippen molar-refractivity contribution in [1.29, 1.82) is 0 Å². The third-order valence-corrected chi connectivity index (χ3v) is 11.0. The summed E-state index contributed by atoms with van der Waals surface area (Å²) in [4.78, 5) is 36.6. The largest absolute Gasteiger partial charge is 0.481 e. The van der Waals surface area contributed by atoms with E-state index in [1.54, 1.807) is 6.92 Å². The fraction of sp³-hybridized carbons (Fsp3) is 0.815. The van der Waals surface area contributed by atoms with Gasteiger partial charge in [0, 0.05) is 18.3 Å². The number of hydrogen-bond acceptors (Lipinski definition) is 5. The summed E-state index contributed by atoms with van der Waals surface area (Å²) in [6.07, 6.45) is 9.21. The maximum atomic E-state index is 12.5.